The van der Waals surface area contributed by atoms with Gasteiger partial charge in [-0.25, -0.2) is 0 Å². The van der Waals surface area contributed by atoms with Crippen LogP contribution in [0, 0.1) is 10.1 Å². The third-order valence-corrected chi connectivity index (χ3v) is 3.47. The molecule has 0 saturated carbocycles. The predicted octanol–water partition coefficient (Wildman–Crippen LogP) is 0.883. The molecule has 0 bridgehead atoms. The largest absolute Gasteiger partial charge is 0.390 e. The number of rotatable bonds is 9. The Labute approximate surface area is 116 Å². The van der Waals surface area contributed by atoms with Crippen molar-refractivity contribution in [2.24, 2.45) is 0 Å². The molecule has 1 rings (SSSR count). The summed E-state index contributed by atoms with van der Waals surface area (Å²) in [4.78, 5) is 10.0. The first kappa shape index (κ1) is 15.9. The fourth-order valence-electron chi connectivity index (χ4n) is 1.65. The number of aliphatic hydroxyl groups excluding tert-OH is 1. The van der Waals surface area contributed by atoms with Gasteiger partial charge in [-0.15, -0.1) is 0 Å². The number of nitrogens with zero attached hydrogens (tertiary/aromatic N) is 3. The number of thioether (sulfide) groups is 1. The molecule has 0 aliphatic heterocycles. The van der Waals surface area contributed by atoms with Gasteiger partial charge >= 0.3 is 5.69 Å². The molecule has 7 nitrogen and oxygen atoms in total. The molecule has 2 N–H and O–H groups in total. The van der Waals surface area contributed by atoms with Crippen molar-refractivity contribution in [3.63, 3.8) is 0 Å². The molecule has 0 fully saturated rings. The van der Waals surface area contributed by atoms with Crippen molar-refractivity contribution in [2.45, 2.75) is 32.0 Å². The highest BCUT2D eigenvalue weighted by Crippen LogP contribution is 2.08. The van der Waals surface area contributed by atoms with Crippen LogP contribution in [0.4, 0.5) is 5.69 Å². The van der Waals surface area contributed by atoms with Crippen molar-refractivity contribution in [3.05, 3.63) is 22.5 Å². The van der Waals surface area contributed by atoms with Gasteiger partial charge in [-0.1, -0.05) is 6.92 Å². The molecule has 0 radical (unpaired) electrons. The minimum Gasteiger partial charge on any atom is -0.390 e. The van der Waals surface area contributed by atoms with Crippen LogP contribution in [0.25, 0.3) is 0 Å². The van der Waals surface area contributed by atoms with E-state index in [9.17, 15) is 15.2 Å². The molecule has 8 heteroatoms. The summed E-state index contributed by atoms with van der Waals surface area (Å²) in [6.07, 6.45) is 4.94. The summed E-state index contributed by atoms with van der Waals surface area (Å²) in [5.41, 5.74) is -0.0611. The molecule has 1 aromatic heterocycles. The van der Waals surface area contributed by atoms with Crippen molar-refractivity contribution in [1.29, 1.82) is 0 Å². The molecule has 2 unspecified atom stereocenters. The Morgan fingerprint density at radius 3 is 2.95 bits per heavy atom. The van der Waals surface area contributed by atoms with Crippen LogP contribution >= 0.6 is 11.8 Å². The topological polar surface area (TPSA) is 93.2 Å². The maximum Gasteiger partial charge on any atom is 0.306 e. The molecule has 0 amide bonds. The van der Waals surface area contributed by atoms with Crippen molar-refractivity contribution < 1.29 is 10.0 Å². The Morgan fingerprint density at radius 1 is 1.68 bits per heavy atom. The summed E-state index contributed by atoms with van der Waals surface area (Å²) in [6, 6.07) is 0.372. The van der Waals surface area contributed by atoms with E-state index in [1.165, 1.54) is 17.1 Å². The Kier molecular flexibility index (Phi) is 6.82. The fourth-order valence-corrected chi connectivity index (χ4v) is 2.41. The Morgan fingerprint density at radius 2 is 2.42 bits per heavy atom. The molecule has 19 heavy (non-hydrogen) atoms. The molecule has 0 aromatic carbocycles. The minimum absolute atomic E-state index is 0.0611. The molecule has 2 atom stereocenters. The van der Waals surface area contributed by atoms with E-state index in [1.807, 2.05) is 6.26 Å². The number of aromatic nitrogens is 2. The summed E-state index contributed by atoms with van der Waals surface area (Å²) in [5, 5.41) is 27.5. The Balaban J connectivity index is 2.37. The van der Waals surface area contributed by atoms with E-state index in [-0.39, 0.29) is 12.2 Å². The molecule has 0 spiro atoms. The summed E-state index contributed by atoms with van der Waals surface area (Å²) in [5.74, 6) is 0.996. The second-order valence-corrected chi connectivity index (χ2v) is 5.21. The van der Waals surface area contributed by atoms with Gasteiger partial charge < -0.3 is 10.4 Å². The molecule has 108 valence electrons. The third-order valence-electron chi connectivity index (χ3n) is 2.73. The maximum atomic E-state index is 10.5. The van der Waals surface area contributed by atoms with Crippen molar-refractivity contribution in [1.82, 2.24) is 15.1 Å². The van der Waals surface area contributed by atoms with E-state index in [4.69, 9.17) is 0 Å². The normalized spacial score (nSPS) is 14.3. The standard InChI is InChI=1S/C11H20N4O3S/c1-3-9(8-19-2)12-5-11(16)7-14-6-10(4-13-14)15(17)18/h4,6,9,11-12,16H,3,5,7-8H2,1-2H3. The van der Waals surface area contributed by atoms with Gasteiger partial charge in [-0.2, -0.15) is 16.9 Å². The molecular formula is C11H20N4O3S. The average Bonchev–Trinajstić information content (AvgIpc) is 2.83. The van der Waals surface area contributed by atoms with Crippen molar-refractivity contribution in [3.8, 4) is 0 Å². The number of hydrogen-bond acceptors (Lipinski definition) is 6. The first-order valence-corrected chi connectivity index (χ1v) is 7.53. The zero-order valence-electron chi connectivity index (χ0n) is 11.2. The van der Waals surface area contributed by atoms with Crippen LogP contribution in [0.15, 0.2) is 12.4 Å². The lowest BCUT2D eigenvalue weighted by atomic mass is 10.2. The second-order valence-electron chi connectivity index (χ2n) is 4.30. The lowest BCUT2D eigenvalue weighted by molar-refractivity contribution is -0.385. The van der Waals surface area contributed by atoms with Crippen LogP contribution in [-0.2, 0) is 6.54 Å². The number of nitro groups is 1. The summed E-state index contributed by atoms with van der Waals surface area (Å²) < 4.78 is 1.39. The van der Waals surface area contributed by atoms with Gasteiger partial charge in [0, 0.05) is 18.3 Å². The van der Waals surface area contributed by atoms with Crippen LogP contribution < -0.4 is 5.32 Å². The third kappa shape index (κ3) is 5.58. The minimum atomic E-state index is -0.615. The molecule has 1 aromatic rings. The quantitative estimate of drug-likeness (QED) is 0.517. The molecular weight excluding hydrogens is 268 g/mol. The summed E-state index contributed by atoms with van der Waals surface area (Å²) in [6.45, 7) is 2.79. The van der Waals surface area contributed by atoms with E-state index in [1.54, 1.807) is 11.8 Å². The van der Waals surface area contributed by atoms with Gasteiger partial charge in [-0.05, 0) is 12.7 Å². The number of aliphatic hydroxyl groups is 1. The van der Waals surface area contributed by atoms with E-state index in [2.05, 4.69) is 17.3 Å². The molecule has 0 saturated heterocycles. The predicted molar refractivity (Wildman–Crippen MR) is 75.4 cm³/mol. The van der Waals surface area contributed by atoms with Gasteiger partial charge in [0.2, 0.25) is 0 Å². The SMILES string of the molecule is CCC(CSC)NCC(O)Cn1cc([N+](=O)[O-])cn1. The Bertz CT molecular complexity index is 399. The highest BCUT2D eigenvalue weighted by molar-refractivity contribution is 7.98. The van der Waals surface area contributed by atoms with Gasteiger partial charge in [0.15, 0.2) is 0 Å². The van der Waals surface area contributed by atoms with Crippen LogP contribution in [0.1, 0.15) is 13.3 Å². The highest BCUT2D eigenvalue weighted by atomic mass is 32.2. The first-order valence-electron chi connectivity index (χ1n) is 6.14. The maximum absolute atomic E-state index is 10.5. The summed E-state index contributed by atoms with van der Waals surface area (Å²) in [7, 11) is 0. The first-order chi connectivity index (χ1) is 9.06. The van der Waals surface area contributed by atoms with E-state index < -0.39 is 11.0 Å². The average molecular weight is 288 g/mol. The van der Waals surface area contributed by atoms with Gasteiger partial charge in [0.1, 0.15) is 12.4 Å². The zero-order chi connectivity index (χ0) is 14.3. The number of nitrogens with one attached hydrogen (secondary N) is 1. The zero-order valence-corrected chi connectivity index (χ0v) is 12.0. The molecule has 0 aliphatic carbocycles. The Hall–Kier alpha value is -1.12. The highest BCUT2D eigenvalue weighted by Gasteiger charge is 2.13. The van der Waals surface area contributed by atoms with E-state index in [0.29, 0.717) is 12.6 Å². The fraction of sp³-hybridized carbons (Fsp3) is 0.727. The van der Waals surface area contributed by atoms with Crippen molar-refractivity contribution in [2.75, 3.05) is 18.6 Å². The van der Waals surface area contributed by atoms with Gasteiger partial charge in [0.05, 0.1) is 17.6 Å². The van der Waals surface area contributed by atoms with E-state index in [0.717, 1.165) is 12.2 Å². The van der Waals surface area contributed by atoms with Crippen molar-refractivity contribution >= 4 is 17.4 Å². The van der Waals surface area contributed by atoms with Crippen LogP contribution in [0.5, 0.6) is 0 Å². The lowest BCUT2D eigenvalue weighted by Gasteiger charge is -2.18. The van der Waals surface area contributed by atoms with Gasteiger partial charge in [-0.3, -0.25) is 14.8 Å². The summed E-state index contributed by atoms with van der Waals surface area (Å²) >= 11 is 1.76. The van der Waals surface area contributed by atoms with Gasteiger partial charge in [0.25, 0.3) is 0 Å². The van der Waals surface area contributed by atoms with Crippen LogP contribution in [0.3, 0.4) is 0 Å². The van der Waals surface area contributed by atoms with Crippen LogP contribution in [0.2, 0.25) is 0 Å². The van der Waals surface area contributed by atoms with Crippen LogP contribution in [-0.4, -0.2) is 50.5 Å². The number of hydrogen-bond donors (Lipinski definition) is 2. The smallest absolute Gasteiger partial charge is 0.306 e. The molecule has 1 heterocycles. The second kappa shape index (κ2) is 8.13. The lowest BCUT2D eigenvalue weighted by Crippen LogP contribution is -2.38. The monoisotopic (exact) mass is 288 g/mol. The van der Waals surface area contributed by atoms with E-state index >= 15 is 0 Å². The molecule has 0 aliphatic rings.